The lowest BCUT2D eigenvalue weighted by atomic mass is 10.0. The lowest BCUT2D eigenvalue weighted by Crippen LogP contribution is -1.93. The first kappa shape index (κ1) is 12.5. The molecule has 0 N–H and O–H groups in total. The van der Waals surface area contributed by atoms with Crippen LogP contribution in [0.5, 0.6) is 0 Å². The first-order valence-corrected chi connectivity index (χ1v) is 6.60. The summed E-state index contributed by atoms with van der Waals surface area (Å²) in [5.74, 6) is 0. The van der Waals surface area contributed by atoms with Gasteiger partial charge in [-0.25, -0.2) is 0 Å². The molecule has 2 aromatic heterocycles. The Morgan fingerprint density at radius 1 is 0.800 bits per heavy atom. The predicted molar refractivity (Wildman–Crippen MR) is 86.7 cm³/mol. The molecule has 0 radical (unpaired) electrons. The fourth-order valence-corrected chi connectivity index (χ4v) is 2.63. The first-order valence-electron chi connectivity index (χ1n) is 6.60. The molecule has 3 aromatic rings. The van der Waals surface area contributed by atoms with E-state index in [1.165, 1.54) is 0 Å². The number of aromatic nitrogens is 2. The molecule has 2 heteroatoms. The second-order valence-electron chi connectivity index (χ2n) is 4.97. The van der Waals surface area contributed by atoms with E-state index in [9.17, 15) is 0 Å². The molecule has 0 amide bonds. The van der Waals surface area contributed by atoms with Gasteiger partial charge >= 0.3 is 0 Å². The van der Waals surface area contributed by atoms with Crippen LogP contribution < -0.4 is 0 Å². The van der Waals surface area contributed by atoms with Crippen LogP contribution >= 0.6 is 0 Å². The van der Waals surface area contributed by atoms with Gasteiger partial charge in [0.05, 0.1) is 11.0 Å². The van der Waals surface area contributed by atoms with Crippen molar-refractivity contribution in [3.05, 3.63) is 59.9 Å². The third kappa shape index (κ3) is 1.81. The smallest absolute Gasteiger partial charge is 0.0974 e. The van der Waals surface area contributed by atoms with Gasteiger partial charge in [-0.3, -0.25) is 9.97 Å². The lowest BCUT2D eigenvalue weighted by molar-refractivity contribution is 1.22. The largest absolute Gasteiger partial charge is 0.251 e. The van der Waals surface area contributed by atoms with Crippen LogP contribution in [0.25, 0.3) is 34.0 Å². The van der Waals surface area contributed by atoms with Crippen molar-refractivity contribution in [1.29, 1.82) is 0 Å². The number of hydrogen-bond donors (Lipinski definition) is 0. The molecule has 0 bridgehead atoms. The molecule has 2 heterocycles. The maximum absolute atomic E-state index is 4.68. The van der Waals surface area contributed by atoms with Gasteiger partial charge < -0.3 is 0 Å². The van der Waals surface area contributed by atoms with Gasteiger partial charge in [0.1, 0.15) is 0 Å². The van der Waals surface area contributed by atoms with Gasteiger partial charge in [-0.15, -0.1) is 0 Å². The Bertz CT molecular complexity index is 788. The second kappa shape index (κ2) is 4.57. The Balaban J connectivity index is 2.59. The van der Waals surface area contributed by atoms with E-state index in [2.05, 4.69) is 35.3 Å². The highest BCUT2D eigenvalue weighted by atomic mass is 14.8. The number of benzene rings is 1. The number of fused-ring (bicyclic) bond motifs is 3. The molecule has 0 fully saturated rings. The van der Waals surface area contributed by atoms with Gasteiger partial charge in [0.25, 0.3) is 0 Å². The van der Waals surface area contributed by atoms with E-state index in [1.807, 2.05) is 38.1 Å². The number of hydrogen-bond acceptors (Lipinski definition) is 2. The lowest BCUT2D eigenvalue weighted by Gasteiger charge is -2.09. The Labute approximate surface area is 118 Å². The molecule has 0 aliphatic rings. The molecule has 2 nitrogen and oxygen atoms in total. The summed E-state index contributed by atoms with van der Waals surface area (Å²) in [5, 5.41) is 2.18. The van der Waals surface area contributed by atoms with E-state index in [1.54, 1.807) is 0 Å². The Morgan fingerprint density at radius 2 is 1.20 bits per heavy atom. The van der Waals surface area contributed by atoms with Crippen molar-refractivity contribution in [2.24, 2.45) is 0 Å². The van der Waals surface area contributed by atoms with Crippen LogP contribution in [-0.4, -0.2) is 9.97 Å². The zero-order valence-electron chi connectivity index (χ0n) is 11.8. The van der Waals surface area contributed by atoms with Gasteiger partial charge in [0.2, 0.25) is 0 Å². The highest BCUT2D eigenvalue weighted by Crippen LogP contribution is 2.29. The molecule has 3 rings (SSSR count). The van der Waals surface area contributed by atoms with Crippen LogP contribution in [-0.2, 0) is 0 Å². The number of nitrogens with zero attached hydrogens (tertiary/aromatic N) is 2. The third-order valence-corrected chi connectivity index (χ3v) is 3.52. The molecule has 0 spiro atoms. The van der Waals surface area contributed by atoms with Gasteiger partial charge in [0, 0.05) is 22.2 Å². The van der Waals surface area contributed by atoms with Crippen LogP contribution in [0.15, 0.2) is 37.4 Å². The van der Waals surface area contributed by atoms with Crippen molar-refractivity contribution >= 4 is 34.0 Å². The molecule has 0 aliphatic carbocycles. The van der Waals surface area contributed by atoms with Crippen LogP contribution in [0.2, 0.25) is 0 Å². The minimum Gasteiger partial charge on any atom is -0.251 e. The van der Waals surface area contributed by atoms with Crippen molar-refractivity contribution < 1.29 is 0 Å². The Morgan fingerprint density at radius 3 is 1.55 bits per heavy atom. The number of rotatable bonds is 2. The standard InChI is InChI=1S/C18H16N2/c1-5-13-9-11(3)19-17-15(13)7-8-16-14(6-2)10-12(4)20-18(16)17/h5-10H,1-2H2,3-4H3. The topological polar surface area (TPSA) is 25.8 Å². The van der Waals surface area contributed by atoms with E-state index in [0.717, 1.165) is 44.3 Å². The average molecular weight is 260 g/mol. The molecular formula is C18H16N2. The highest BCUT2D eigenvalue weighted by molar-refractivity contribution is 6.07. The minimum absolute atomic E-state index is 0.934. The van der Waals surface area contributed by atoms with Crippen LogP contribution in [0.4, 0.5) is 0 Å². The van der Waals surface area contributed by atoms with Crippen LogP contribution in [0, 0.1) is 13.8 Å². The maximum Gasteiger partial charge on any atom is 0.0974 e. The van der Waals surface area contributed by atoms with E-state index in [0.29, 0.717) is 0 Å². The molecule has 0 saturated carbocycles. The summed E-state index contributed by atoms with van der Waals surface area (Å²) in [7, 11) is 0. The van der Waals surface area contributed by atoms with E-state index in [-0.39, 0.29) is 0 Å². The third-order valence-electron chi connectivity index (χ3n) is 3.52. The van der Waals surface area contributed by atoms with E-state index < -0.39 is 0 Å². The van der Waals surface area contributed by atoms with Gasteiger partial charge in [0.15, 0.2) is 0 Å². The summed E-state index contributed by atoms with van der Waals surface area (Å²) >= 11 is 0. The quantitative estimate of drug-likeness (QED) is 0.625. The summed E-state index contributed by atoms with van der Waals surface area (Å²) in [6.07, 6.45) is 3.74. The monoisotopic (exact) mass is 260 g/mol. The number of pyridine rings is 2. The number of aryl methyl sites for hydroxylation is 2. The maximum atomic E-state index is 4.68. The van der Waals surface area contributed by atoms with Crippen molar-refractivity contribution in [3.8, 4) is 0 Å². The fourth-order valence-electron chi connectivity index (χ4n) is 2.63. The summed E-state index contributed by atoms with van der Waals surface area (Å²) in [5.41, 5.74) is 6.01. The summed E-state index contributed by atoms with van der Waals surface area (Å²) in [4.78, 5) is 9.37. The normalized spacial score (nSPS) is 10.9. The van der Waals surface area contributed by atoms with Gasteiger partial charge in [-0.05, 0) is 37.1 Å². The molecule has 20 heavy (non-hydrogen) atoms. The molecule has 1 aromatic carbocycles. The summed E-state index contributed by atoms with van der Waals surface area (Å²) in [6.45, 7) is 11.8. The molecule has 0 atom stereocenters. The summed E-state index contributed by atoms with van der Waals surface area (Å²) in [6, 6.07) is 8.27. The minimum atomic E-state index is 0.934. The van der Waals surface area contributed by atoms with E-state index in [4.69, 9.17) is 0 Å². The SMILES string of the molecule is C=Cc1cc(C)nc2c1ccc1c(C=C)cc(C)nc12. The van der Waals surface area contributed by atoms with Crippen molar-refractivity contribution in [2.75, 3.05) is 0 Å². The zero-order chi connectivity index (χ0) is 14.3. The van der Waals surface area contributed by atoms with Crippen molar-refractivity contribution in [1.82, 2.24) is 9.97 Å². The Hall–Kier alpha value is -2.48. The molecule has 0 aliphatic heterocycles. The second-order valence-corrected chi connectivity index (χ2v) is 4.97. The van der Waals surface area contributed by atoms with Crippen molar-refractivity contribution in [3.63, 3.8) is 0 Å². The predicted octanol–water partition coefficient (Wildman–Crippen LogP) is 4.69. The van der Waals surface area contributed by atoms with Gasteiger partial charge in [-0.2, -0.15) is 0 Å². The average Bonchev–Trinajstić information content (AvgIpc) is 2.45. The van der Waals surface area contributed by atoms with Crippen LogP contribution in [0.3, 0.4) is 0 Å². The molecule has 0 unspecified atom stereocenters. The van der Waals surface area contributed by atoms with Crippen molar-refractivity contribution in [2.45, 2.75) is 13.8 Å². The van der Waals surface area contributed by atoms with E-state index >= 15 is 0 Å². The van der Waals surface area contributed by atoms with Gasteiger partial charge in [-0.1, -0.05) is 37.4 Å². The zero-order valence-corrected chi connectivity index (χ0v) is 11.8. The highest BCUT2D eigenvalue weighted by Gasteiger charge is 2.09. The molecule has 98 valence electrons. The molecular weight excluding hydrogens is 244 g/mol. The van der Waals surface area contributed by atoms with Crippen LogP contribution in [0.1, 0.15) is 22.5 Å². The molecule has 0 saturated heterocycles. The fraction of sp³-hybridized carbons (Fsp3) is 0.111. The first-order chi connectivity index (χ1) is 9.63. The Kier molecular flexibility index (Phi) is 2.87. The summed E-state index contributed by atoms with van der Waals surface area (Å²) < 4.78 is 0.